The van der Waals surface area contributed by atoms with Gasteiger partial charge in [0.25, 0.3) is 0 Å². The van der Waals surface area contributed by atoms with Crippen LogP contribution in [0.25, 0.3) is 0 Å². The van der Waals surface area contributed by atoms with Crippen LogP contribution in [-0.2, 0) is 6.42 Å². The fourth-order valence-corrected chi connectivity index (χ4v) is 1.95. The van der Waals surface area contributed by atoms with Crippen LogP contribution >= 0.6 is 0 Å². The smallest absolute Gasteiger partial charge is 0.127 e. The summed E-state index contributed by atoms with van der Waals surface area (Å²) in [5.41, 5.74) is 0.831. The van der Waals surface area contributed by atoms with Crippen LogP contribution in [0.2, 0.25) is 0 Å². The minimum atomic E-state index is -1.07. The Morgan fingerprint density at radius 2 is 1.85 bits per heavy atom. The van der Waals surface area contributed by atoms with Gasteiger partial charge < -0.3 is 9.84 Å². The molecule has 0 aliphatic heterocycles. The van der Waals surface area contributed by atoms with Gasteiger partial charge >= 0.3 is 0 Å². The van der Waals surface area contributed by atoms with Gasteiger partial charge in [-0.1, -0.05) is 42.2 Å². The van der Waals surface area contributed by atoms with Gasteiger partial charge in [0.15, 0.2) is 0 Å². The summed E-state index contributed by atoms with van der Waals surface area (Å²) in [4.78, 5) is 0. The molecule has 0 radical (unpaired) electrons. The van der Waals surface area contributed by atoms with Crippen molar-refractivity contribution in [3.8, 4) is 17.6 Å². The summed E-state index contributed by atoms with van der Waals surface area (Å²) in [5, 5.41) is 10.4. The number of benzene rings is 2. The van der Waals surface area contributed by atoms with Gasteiger partial charge in [0, 0.05) is 12.0 Å². The van der Waals surface area contributed by atoms with Gasteiger partial charge in [0.1, 0.15) is 11.4 Å². The van der Waals surface area contributed by atoms with Gasteiger partial charge in [0.2, 0.25) is 0 Å². The van der Waals surface area contributed by atoms with E-state index in [-0.39, 0.29) is 0 Å². The van der Waals surface area contributed by atoms with Crippen LogP contribution in [0.15, 0.2) is 54.6 Å². The lowest BCUT2D eigenvalue weighted by molar-refractivity contribution is 0.123. The third-order valence-corrected chi connectivity index (χ3v) is 2.93. The van der Waals surface area contributed by atoms with Gasteiger partial charge in [-0.3, -0.25) is 0 Å². The minimum Gasteiger partial charge on any atom is -0.497 e. The zero-order valence-electron chi connectivity index (χ0n) is 11.8. The summed E-state index contributed by atoms with van der Waals surface area (Å²) in [7, 11) is 1.63. The number of aliphatic hydroxyl groups is 1. The highest BCUT2D eigenvalue weighted by Crippen LogP contribution is 2.18. The Morgan fingerprint density at radius 3 is 2.55 bits per heavy atom. The number of hydrogen-bond acceptors (Lipinski definition) is 2. The Hall–Kier alpha value is -2.24. The lowest BCUT2D eigenvalue weighted by Gasteiger charge is -2.16. The van der Waals surface area contributed by atoms with Gasteiger partial charge in [-0.15, -0.1) is 0 Å². The molecule has 0 amide bonds. The van der Waals surface area contributed by atoms with Crippen molar-refractivity contribution in [2.75, 3.05) is 7.11 Å². The monoisotopic (exact) mass is 266 g/mol. The molecular formula is C18H18O2. The first kappa shape index (κ1) is 14.2. The van der Waals surface area contributed by atoms with Crippen molar-refractivity contribution in [2.45, 2.75) is 18.9 Å². The fourth-order valence-electron chi connectivity index (χ4n) is 1.95. The molecule has 0 aliphatic carbocycles. The molecule has 0 heterocycles. The highest BCUT2D eigenvalue weighted by atomic mass is 16.5. The minimum absolute atomic E-state index is 0.462. The molecule has 2 rings (SSSR count). The second-order valence-corrected chi connectivity index (χ2v) is 4.92. The first-order chi connectivity index (χ1) is 9.59. The van der Waals surface area contributed by atoms with E-state index < -0.39 is 5.60 Å². The van der Waals surface area contributed by atoms with E-state index >= 15 is 0 Å². The largest absolute Gasteiger partial charge is 0.497 e. The maximum atomic E-state index is 10.4. The molecule has 0 saturated carbocycles. The summed E-state index contributed by atoms with van der Waals surface area (Å²) in [6.07, 6.45) is 0.462. The first-order valence-electron chi connectivity index (χ1n) is 6.53. The van der Waals surface area contributed by atoms with Gasteiger partial charge in [0.05, 0.1) is 7.11 Å². The van der Waals surface area contributed by atoms with Crippen molar-refractivity contribution in [3.63, 3.8) is 0 Å². The Labute approximate surface area is 120 Å². The highest BCUT2D eigenvalue weighted by Gasteiger charge is 2.17. The Bertz CT molecular complexity index is 619. The van der Waals surface area contributed by atoms with Crippen molar-refractivity contribution in [1.82, 2.24) is 0 Å². The predicted octanol–water partition coefficient (Wildman–Crippen LogP) is 3.04. The molecule has 1 atom stereocenters. The molecule has 0 fully saturated rings. The molecule has 0 aromatic heterocycles. The third-order valence-electron chi connectivity index (χ3n) is 2.93. The molecule has 0 spiro atoms. The zero-order valence-corrected chi connectivity index (χ0v) is 11.8. The van der Waals surface area contributed by atoms with Crippen molar-refractivity contribution in [2.24, 2.45) is 0 Å². The highest BCUT2D eigenvalue weighted by molar-refractivity contribution is 5.37. The van der Waals surface area contributed by atoms with Crippen molar-refractivity contribution >= 4 is 0 Å². The van der Waals surface area contributed by atoms with E-state index in [0.29, 0.717) is 6.42 Å². The quantitative estimate of drug-likeness (QED) is 0.865. The maximum absolute atomic E-state index is 10.4. The van der Waals surface area contributed by atoms with Crippen LogP contribution in [0, 0.1) is 11.8 Å². The van der Waals surface area contributed by atoms with Crippen molar-refractivity contribution in [1.29, 1.82) is 0 Å². The van der Waals surface area contributed by atoms with Crippen LogP contribution in [0.3, 0.4) is 0 Å². The van der Waals surface area contributed by atoms with E-state index in [1.807, 2.05) is 54.6 Å². The lowest BCUT2D eigenvalue weighted by Crippen LogP contribution is -2.24. The number of methoxy groups -OCH3 is 1. The zero-order chi connectivity index (χ0) is 14.4. The molecular weight excluding hydrogens is 248 g/mol. The SMILES string of the molecule is COc1cccc(CC(C)(O)C#Cc2ccccc2)c1. The Balaban J connectivity index is 2.13. The van der Waals surface area contributed by atoms with Crippen LogP contribution in [-0.4, -0.2) is 17.8 Å². The second kappa shape index (κ2) is 6.27. The summed E-state index contributed by atoms with van der Waals surface area (Å²) in [6.45, 7) is 1.72. The van der Waals surface area contributed by atoms with Crippen LogP contribution < -0.4 is 4.74 Å². The van der Waals surface area contributed by atoms with Gasteiger partial charge in [-0.25, -0.2) is 0 Å². The first-order valence-corrected chi connectivity index (χ1v) is 6.53. The maximum Gasteiger partial charge on any atom is 0.127 e. The fraction of sp³-hybridized carbons (Fsp3) is 0.222. The molecule has 0 saturated heterocycles. The van der Waals surface area contributed by atoms with Crippen LogP contribution in [0.1, 0.15) is 18.1 Å². The van der Waals surface area contributed by atoms with Crippen LogP contribution in [0.4, 0.5) is 0 Å². The second-order valence-electron chi connectivity index (χ2n) is 4.92. The summed E-state index contributed by atoms with van der Waals surface area (Å²) >= 11 is 0. The molecule has 2 nitrogen and oxygen atoms in total. The summed E-state index contributed by atoms with van der Waals surface area (Å²) in [5.74, 6) is 6.71. The Kier molecular flexibility index (Phi) is 4.45. The summed E-state index contributed by atoms with van der Waals surface area (Å²) in [6, 6.07) is 17.3. The van der Waals surface area contributed by atoms with E-state index in [1.54, 1.807) is 14.0 Å². The van der Waals surface area contributed by atoms with Gasteiger partial charge in [-0.2, -0.15) is 0 Å². The normalized spacial score (nSPS) is 12.9. The van der Waals surface area contributed by atoms with Crippen molar-refractivity contribution < 1.29 is 9.84 Å². The van der Waals surface area contributed by atoms with Gasteiger partial charge in [-0.05, 0) is 36.8 Å². The Morgan fingerprint density at radius 1 is 1.10 bits per heavy atom. The molecule has 1 unspecified atom stereocenters. The van der Waals surface area contributed by atoms with E-state index in [9.17, 15) is 5.11 Å². The molecule has 1 N–H and O–H groups in total. The van der Waals surface area contributed by atoms with E-state index in [2.05, 4.69) is 11.8 Å². The third kappa shape index (κ3) is 4.15. The molecule has 2 aromatic carbocycles. The average Bonchev–Trinajstić information content (AvgIpc) is 2.46. The molecule has 0 bridgehead atoms. The van der Waals surface area contributed by atoms with Crippen molar-refractivity contribution in [3.05, 3.63) is 65.7 Å². The number of rotatable bonds is 3. The number of ether oxygens (including phenoxy) is 1. The average molecular weight is 266 g/mol. The molecule has 2 heteroatoms. The number of hydrogen-bond donors (Lipinski definition) is 1. The molecule has 102 valence electrons. The molecule has 20 heavy (non-hydrogen) atoms. The van der Waals surface area contributed by atoms with E-state index in [0.717, 1.165) is 16.9 Å². The standard InChI is InChI=1S/C18H18O2/c1-18(19,12-11-15-7-4-3-5-8-15)14-16-9-6-10-17(13-16)20-2/h3-10,13,19H,14H2,1-2H3. The molecule has 0 aliphatic rings. The topological polar surface area (TPSA) is 29.5 Å². The molecule has 2 aromatic rings. The summed E-state index contributed by atoms with van der Waals surface area (Å²) < 4.78 is 5.18. The lowest BCUT2D eigenvalue weighted by atomic mass is 9.96. The van der Waals surface area contributed by atoms with Crippen LogP contribution in [0.5, 0.6) is 5.75 Å². The van der Waals surface area contributed by atoms with E-state index in [4.69, 9.17) is 4.74 Å². The predicted molar refractivity (Wildman–Crippen MR) is 80.6 cm³/mol. The van der Waals surface area contributed by atoms with E-state index in [1.165, 1.54) is 0 Å².